The molecule has 0 bridgehead atoms. The summed E-state index contributed by atoms with van der Waals surface area (Å²) in [6.45, 7) is 6.17. The van der Waals surface area contributed by atoms with Gasteiger partial charge in [0, 0.05) is 6.54 Å². The molecule has 18 heavy (non-hydrogen) atoms. The Kier molecular flexibility index (Phi) is 2.26. The maximum absolute atomic E-state index is 12.2. The maximum atomic E-state index is 12.2. The number of nitrogens with zero attached hydrogens (tertiary/aromatic N) is 1. The van der Waals surface area contributed by atoms with Crippen LogP contribution in [-0.2, 0) is 9.53 Å². The third kappa shape index (κ3) is 0.987. The SMILES string of the molecule is C=CC[C@]12[C@H](O)C(=O)N3CCC[C@@]31COC2(C)O. The molecule has 0 aliphatic carbocycles. The molecule has 1 unspecified atom stereocenters. The fourth-order valence-corrected chi connectivity index (χ4v) is 4.35. The van der Waals surface area contributed by atoms with Crippen LogP contribution in [0, 0.1) is 5.41 Å². The van der Waals surface area contributed by atoms with Gasteiger partial charge in [0.15, 0.2) is 5.79 Å². The first kappa shape index (κ1) is 12.1. The summed E-state index contributed by atoms with van der Waals surface area (Å²) < 4.78 is 5.54. The van der Waals surface area contributed by atoms with Crippen LogP contribution in [0.1, 0.15) is 26.2 Å². The van der Waals surface area contributed by atoms with Gasteiger partial charge >= 0.3 is 0 Å². The van der Waals surface area contributed by atoms with Gasteiger partial charge in [-0.25, -0.2) is 0 Å². The van der Waals surface area contributed by atoms with Crippen molar-refractivity contribution in [2.45, 2.75) is 43.6 Å². The van der Waals surface area contributed by atoms with Crippen molar-refractivity contribution in [3.63, 3.8) is 0 Å². The summed E-state index contributed by atoms with van der Waals surface area (Å²) in [7, 11) is 0. The summed E-state index contributed by atoms with van der Waals surface area (Å²) in [5.41, 5.74) is -1.56. The van der Waals surface area contributed by atoms with Gasteiger partial charge in [-0.2, -0.15) is 0 Å². The molecule has 3 fully saturated rings. The zero-order valence-corrected chi connectivity index (χ0v) is 10.6. The molecular weight excluding hydrogens is 234 g/mol. The van der Waals surface area contributed by atoms with E-state index in [2.05, 4.69) is 6.58 Å². The van der Waals surface area contributed by atoms with Crippen LogP contribution >= 0.6 is 0 Å². The van der Waals surface area contributed by atoms with E-state index in [0.717, 1.165) is 12.8 Å². The first-order valence-electron chi connectivity index (χ1n) is 6.40. The molecule has 3 aliphatic heterocycles. The summed E-state index contributed by atoms with van der Waals surface area (Å²) in [6.07, 6.45) is 2.46. The second-order valence-corrected chi connectivity index (χ2v) is 5.76. The molecule has 0 aromatic rings. The summed E-state index contributed by atoms with van der Waals surface area (Å²) in [6, 6.07) is 0. The smallest absolute Gasteiger partial charge is 0.252 e. The molecule has 1 spiro atoms. The molecule has 4 atom stereocenters. The second kappa shape index (κ2) is 3.35. The Morgan fingerprint density at radius 2 is 2.39 bits per heavy atom. The minimum atomic E-state index is -1.50. The summed E-state index contributed by atoms with van der Waals surface area (Å²) in [4.78, 5) is 13.9. The molecule has 0 saturated carbocycles. The minimum absolute atomic E-state index is 0.280. The molecule has 100 valence electrons. The lowest BCUT2D eigenvalue weighted by atomic mass is 9.63. The topological polar surface area (TPSA) is 70.0 Å². The Balaban J connectivity index is 2.21. The zero-order valence-electron chi connectivity index (χ0n) is 10.6. The largest absolute Gasteiger partial charge is 0.382 e. The molecule has 0 aromatic carbocycles. The number of hydrogen-bond acceptors (Lipinski definition) is 4. The van der Waals surface area contributed by atoms with E-state index in [-0.39, 0.29) is 12.5 Å². The van der Waals surface area contributed by atoms with Crippen molar-refractivity contribution in [1.82, 2.24) is 4.90 Å². The van der Waals surface area contributed by atoms with Crippen LogP contribution in [0.3, 0.4) is 0 Å². The van der Waals surface area contributed by atoms with Crippen LogP contribution in [0.4, 0.5) is 0 Å². The normalized spacial score (nSPS) is 50.5. The predicted octanol–water partition coefficient (Wildman–Crippen LogP) is 0.0233. The van der Waals surface area contributed by atoms with Crippen LogP contribution in [0.5, 0.6) is 0 Å². The minimum Gasteiger partial charge on any atom is -0.382 e. The number of aliphatic hydroxyl groups is 2. The molecule has 3 rings (SSSR count). The molecule has 1 amide bonds. The number of aliphatic hydroxyl groups excluding tert-OH is 1. The van der Waals surface area contributed by atoms with Crippen LogP contribution in [-0.4, -0.2) is 51.6 Å². The fraction of sp³-hybridized carbons (Fsp3) is 0.769. The number of amides is 1. The highest BCUT2D eigenvalue weighted by Gasteiger charge is 2.78. The summed E-state index contributed by atoms with van der Waals surface area (Å²) >= 11 is 0. The van der Waals surface area contributed by atoms with Gasteiger partial charge in [-0.15, -0.1) is 6.58 Å². The molecular formula is C13H19NO4. The van der Waals surface area contributed by atoms with Gasteiger partial charge in [0.05, 0.1) is 17.6 Å². The van der Waals surface area contributed by atoms with Gasteiger partial charge in [-0.05, 0) is 26.2 Å². The lowest BCUT2D eigenvalue weighted by Crippen LogP contribution is -2.58. The highest BCUT2D eigenvalue weighted by molar-refractivity contribution is 5.87. The lowest BCUT2D eigenvalue weighted by Gasteiger charge is -2.44. The van der Waals surface area contributed by atoms with Crippen LogP contribution < -0.4 is 0 Å². The van der Waals surface area contributed by atoms with Gasteiger partial charge in [-0.3, -0.25) is 4.79 Å². The van der Waals surface area contributed by atoms with E-state index in [1.165, 1.54) is 0 Å². The van der Waals surface area contributed by atoms with Crippen molar-refractivity contribution in [2.75, 3.05) is 13.2 Å². The van der Waals surface area contributed by atoms with Crippen molar-refractivity contribution < 1.29 is 19.7 Å². The van der Waals surface area contributed by atoms with Crippen molar-refractivity contribution in [3.05, 3.63) is 12.7 Å². The third-order valence-electron chi connectivity index (χ3n) is 5.17. The van der Waals surface area contributed by atoms with E-state index in [1.807, 2.05) is 0 Å². The Morgan fingerprint density at radius 3 is 3.06 bits per heavy atom. The summed E-state index contributed by atoms with van der Waals surface area (Å²) in [5.74, 6) is -1.78. The monoisotopic (exact) mass is 253 g/mol. The molecule has 3 aliphatic rings. The van der Waals surface area contributed by atoms with Crippen molar-refractivity contribution in [2.24, 2.45) is 5.41 Å². The van der Waals surface area contributed by atoms with Gasteiger partial charge in [0.1, 0.15) is 6.10 Å². The molecule has 2 N–H and O–H groups in total. The van der Waals surface area contributed by atoms with Crippen LogP contribution in [0.15, 0.2) is 12.7 Å². The number of hydrogen-bond donors (Lipinski definition) is 2. The molecule has 5 nitrogen and oxygen atoms in total. The number of allylic oxidation sites excluding steroid dienone is 1. The molecule has 3 heterocycles. The number of carbonyl (C=O) groups is 1. The van der Waals surface area contributed by atoms with E-state index in [4.69, 9.17) is 4.74 Å². The van der Waals surface area contributed by atoms with E-state index in [9.17, 15) is 15.0 Å². The van der Waals surface area contributed by atoms with Crippen molar-refractivity contribution in [1.29, 1.82) is 0 Å². The summed E-state index contributed by atoms with van der Waals surface area (Å²) in [5, 5.41) is 21.0. The Hall–Kier alpha value is -0.910. The number of ether oxygens (including phenoxy) is 1. The van der Waals surface area contributed by atoms with Gasteiger partial charge < -0.3 is 19.8 Å². The quantitative estimate of drug-likeness (QED) is 0.681. The van der Waals surface area contributed by atoms with E-state index < -0.39 is 22.8 Å². The van der Waals surface area contributed by atoms with Crippen molar-refractivity contribution in [3.8, 4) is 0 Å². The van der Waals surface area contributed by atoms with E-state index in [0.29, 0.717) is 13.0 Å². The predicted molar refractivity (Wildman–Crippen MR) is 63.5 cm³/mol. The average Bonchev–Trinajstić information content (AvgIpc) is 2.88. The van der Waals surface area contributed by atoms with Crippen LogP contribution in [0.2, 0.25) is 0 Å². The fourth-order valence-electron chi connectivity index (χ4n) is 4.35. The van der Waals surface area contributed by atoms with Crippen LogP contribution in [0.25, 0.3) is 0 Å². The Bertz CT molecular complexity index is 421. The first-order valence-corrected chi connectivity index (χ1v) is 6.40. The highest BCUT2D eigenvalue weighted by Crippen LogP contribution is 2.63. The van der Waals surface area contributed by atoms with Gasteiger partial charge in [0.2, 0.25) is 0 Å². The second-order valence-electron chi connectivity index (χ2n) is 5.76. The average molecular weight is 253 g/mol. The molecule has 0 aromatic heterocycles. The standard InChI is InChI=1S/C13H19NO4/c1-3-5-13-9(15)10(16)14-7-4-6-12(13,14)8-18-11(13,2)17/h3,9,15,17H,1,4-8H2,2H3/t9-,11?,12+,13-/m1/s1. The van der Waals surface area contributed by atoms with Crippen molar-refractivity contribution >= 4 is 5.91 Å². The number of rotatable bonds is 2. The Labute approximate surface area is 106 Å². The Morgan fingerprint density at radius 1 is 1.67 bits per heavy atom. The molecule has 0 radical (unpaired) electrons. The highest BCUT2D eigenvalue weighted by atomic mass is 16.6. The van der Waals surface area contributed by atoms with Gasteiger partial charge in [0.25, 0.3) is 5.91 Å². The molecule has 3 saturated heterocycles. The van der Waals surface area contributed by atoms with E-state index in [1.54, 1.807) is 17.9 Å². The maximum Gasteiger partial charge on any atom is 0.252 e. The number of carbonyl (C=O) groups excluding carboxylic acids is 1. The molecule has 5 heteroatoms. The first-order chi connectivity index (χ1) is 8.43. The zero-order chi connectivity index (χ0) is 13.2. The van der Waals surface area contributed by atoms with Gasteiger partial charge in [-0.1, -0.05) is 6.08 Å². The van der Waals surface area contributed by atoms with E-state index >= 15 is 0 Å². The third-order valence-corrected chi connectivity index (χ3v) is 5.17. The lowest BCUT2D eigenvalue weighted by molar-refractivity contribution is -0.234.